The van der Waals surface area contributed by atoms with Gasteiger partial charge in [-0.3, -0.25) is 0 Å². The maximum Gasteiger partial charge on any atom is 0.184 e. The van der Waals surface area contributed by atoms with E-state index in [9.17, 15) is 5.11 Å². The second-order valence-electron chi connectivity index (χ2n) is 3.57. The van der Waals surface area contributed by atoms with E-state index in [0.717, 1.165) is 28.2 Å². The summed E-state index contributed by atoms with van der Waals surface area (Å²) in [4.78, 5) is 4.19. The Bertz CT molecular complexity index is 305. The maximum atomic E-state index is 9.74. The van der Waals surface area contributed by atoms with Crippen molar-refractivity contribution in [2.75, 3.05) is 5.32 Å². The SMILES string of the molecule is O[C@@H]1CCCC[C@H]1Nc1ncc(Br)s1. The third-order valence-corrected chi connectivity index (χ3v) is 3.92. The Labute approximate surface area is 95.7 Å². The largest absolute Gasteiger partial charge is 0.391 e. The van der Waals surface area contributed by atoms with Gasteiger partial charge in [0.05, 0.1) is 22.1 Å². The number of aliphatic hydroxyl groups excluding tert-OH is 1. The normalized spacial score (nSPS) is 27.6. The van der Waals surface area contributed by atoms with Crippen LogP contribution in [0.15, 0.2) is 9.98 Å². The number of hydrogen-bond donors (Lipinski definition) is 2. The molecule has 1 heterocycles. The van der Waals surface area contributed by atoms with Crippen LogP contribution < -0.4 is 5.32 Å². The Balaban J connectivity index is 1.95. The van der Waals surface area contributed by atoms with Crippen molar-refractivity contribution in [1.82, 2.24) is 4.98 Å². The van der Waals surface area contributed by atoms with Gasteiger partial charge in [-0.15, -0.1) is 0 Å². The highest BCUT2D eigenvalue weighted by Gasteiger charge is 2.23. The van der Waals surface area contributed by atoms with Gasteiger partial charge in [-0.2, -0.15) is 0 Å². The Kier molecular flexibility index (Phi) is 3.41. The van der Waals surface area contributed by atoms with E-state index in [1.54, 1.807) is 17.5 Å². The van der Waals surface area contributed by atoms with E-state index in [-0.39, 0.29) is 12.1 Å². The maximum absolute atomic E-state index is 9.74. The Morgan fingerprint density at radius 1 is 1.50 bits per heavy atom. The molecule has 5 heteroatoms. The molecular weight excluding hydrogens is 264 g/mol. The molecule has 0 aromatic carbocycles. The van der Waals surface area contributed by atoms with Gasteiger partial charge in [0.25, 0.3) is 0 Å². The molecule has 78 valence electrons. The van der Waals surface area contributed by atoms with Crippen molar-refractivity contribution in [3.63, 3.8) is 0 Å². The molecule has 2 rings (SSSR count). The Hall–Kier alpha value is -0.130. The van der Waals surface area contributed by atoms with Crippen LogP contribution in [0.4, 0.5) is 5.13 Å². The topological polar surface area (TPSA) is 45.1 Å². The smallest absolute Gasteiger partial charge is 0.184 e. The minimum absolute atomic E-state index is 0.182. The number of nitrogens with zero attached hydrogens (tertiary/aromatic N) is 1. The summed E-state index contributed by atoms with van der Waals surface area (Å²) in [6.07, 6.45) is 5.85. The fourth-order valence-electron chi connectivity index (χ4n) is 1.76. The lowest BCUT2D eigenvalue weighted by Gasteiger charge is -2.27. The third kappa shape index (κ3) is 2.46. The van der Waals surface area contributed by atoms with Crippen LogP contribution in [0, 0.1) is 0 Å². The highest BCUT2D eigenvalue weighted by Crippen LogP contribution is 2.27. The minimum atomic E-state index is -0.216. The van der Waals surface area contributed by atoms with Crippen LogP contribution >= 0.6 is 27.3 Å². The van der Waals surface area contributed by atoms with Crippen molar-refractivity contribution in [3.8, 4) is 0 Å². The molecule has 0 unspecified atom stereocenters. The standard InChI is InChI=1S/C9H13BrN2OS/c10-8-5-11-9(14-8)12-6-3-1-2-4-7(6)13/h5-7,13H,1-4H2,(H,11,12)/t6-,7-/m1/s1. The van der Waals surface area contributed by atoms with Crippen LogP contribution in [0.1, 0.15) is 25.7 Å². The van der Waals surface area contributed by atoms with Crippen LogP contribution in [-0.4, -0.2) is 22.2 Å². The summed E-state index contributed by atoms with van der Waals surface area (Å²) < 4.78 is 1.02. The molecule has 1 fully saturated rings. The van der Waals surface area contributed by atoms with Gasteiger partial charge in [0.15, 0.2) is 5.13 Å². The lowest BCUT2D eigenvalue weighted by atomic mass is 9.93. The molecule has 1 saturated carbocycles. The number of anilines is 1. The van der Waals surface area contributed by atoms with E-state index < -0.39 is 0 Å². The van der Waals surface area contributed by atoms with Gasteiger partial charge < -0.3 is 10.4 Å². The number of rotatable bonds is 2. The zero-order chi connectivity index (χ0) is 9.97. The molecular formula is C9H13BrN2OS. The number of halogens is 1. The highest BCUT2D eigenvalue weighted by atomic mass is 79.9. The molecule has 0 bridgehead atoms. The summed E-state index contributed by atoms with van der Waals surface area (Å²) >= 11 is 4.93. The van der Waals surface area contributed by atoms with E-state index in [1.165, 1.54) is 6.42 Å². The molecule has 0 aliphatic heterocycles. The number of thiazole rings is 1. The third-order valence-electron chi connectivity index (χ3n) is 2.52. The van der Waals surface area contributed by atoms with Crippen molar-refractivity contribution in [1.29, 1.82) is 0 Å². The van der Waals surface area contributed by atoms with Crippen molar-refractivity contribution in [2.24, 2.45) is 0 Å². The van der Waals surface area contributed by atoms with Gasteiger partial charge in [-0.25, -0.2) is 4.98 Å². The molecule has 0 saturated heterocycles. The average molecular weight is 277 g/mol. The summed E-state index contributed by atoms with van der Waals surface area (Å²) in [5.41, 5.74) is 0. The van der Waals surface area contributed by atoms with Crippen LogP contribution in [0.2, 0.25) is 0 Å². The second kappa shape index (κ2) is 4.59. The summed E-state index contributed by atoms with van der Waals surface area (Å²) in [6, 6.07) is 0.182. The van der Waals surface area contributed by atoms with Crippen LogP contribution in [-0.2, 0) is 0 Å². The van der Waals surface area contributed by atoms with E-state index in [2.05, 4.69) is 26.2 Å². The number of aromatic nitrogens is 1. The summed E-state index contributed by atoms with van der Waals surface area (Å²) in [6.45, 7) is 0. The quantitative estimate of drug-likeness (QED) is 0.873. The van der Waals surface area contributed by atoms with Crippen molar-refractivity contribution >= 4 is 32.4 Å². The summed E-state index contributed by atoms with van der Waals surface area (Å²) in [5.74, 6) is 0. The number of nitrogens with one attached hydrogen (secondary N) is 1. The zero-order valence-corrected chi connectivity index (χ0v) is 10.1. The molecule has 0 radical (unpaired) electrons. The fourth-order valence-corrected chi connectivity index (χ4v) is 2.93. The van der Waals surface area contributed by atoms with Crippen LogP contribution in [0.5, 0.6) is 0 Å². The molecule has 14 heavy (non-hydrogen) atoms. The lowest BCUT2D eigenvalue weighted by molar-refractivity contribution is 0.116. The van der Waals surface area contributed by atoms with E-state index in [1.807, 2.05) is 0 Å². The van der Waals surface area contributed by atoms with Gasteiger partial charge in [-0.05, 0) is 28.8 Å². The van der Waals surface area contributed by atoms with E-state index >= 15 is 0 Å². The monoisotopic (exact) mass is 276 g/mol. The molecule has 2 N–H and O–H groups in total. The predicted octanol–water partition coefficient (Wildman–Crippen LogP) is 2.62. The Morgan fingerprint density at radius 2 is 2.29 bits per heavy atom. The summed E-state index contributed by atoms with van der Waals surface area (Å²) in [7, 11) is 0. The molecule has 2 atom stereocenters. The average Bonchev–Trinajstić information content (AvgIpc) is 2.56. The van der Waals surface area contributed by atoms with Crippen molar-refractivity contribution in [3.05, 3.63) is 9.98 Å². The second-order valence-corrected chi connectivity index (χ2v) is 5.98. The highest BCUT2D eigenvalue weighted by molar-refractivity contribution is 9.11. The predicted molar refractivity (Wildman–Crippen MR) is 61.7 cm³/mol. The number of hydrogen-bond acceptors (Lipinski definition) is 4. The number of aliphatic hydroxyl groups is 1. The fraction of sp³-hybridized carbons (Fsp3) is 0.667. The molecule has 0 spiro atoms. The first-order chi connectivity index (χ1) is 6.75. The van der Waals surface area contributed by atoms with Crippen molar-refractivity contribution in [2.45, 2.75) is 37.8 Å². The molecule has 1 aliphatic rings. The Morgan fingerprint density at radius 3 is 2.93 bits per heavy atom. The zero-order valence-electron chi connectivity index (χ0n) is 7.74. The summed E-state index contributed by atoms with van der Waals surface area (Å²) in [5, 5.41) is 13.9. The van der Waals surface area contributed by atoms with Gasteiger partial charge in [0, 0.05) is 0 Å². The van der Waals surface area contributed by atoms with Crippen molar-refractivity contribution < 1.29 is 5.11 Å². The molecule has 3 nitrogen and oxygen atoms in total. The van der Waals surface area contributed by atoms with Gasteiger partial charge in [-0.1, -0.05) is 24.2 Å². The molecule has 1 aromatic rings. The first-order valence-electron chi connectivity index (χ1n) is 4.81. The molecule has 0 amide bonds. The van der Waals surface area contributed by atoms with E-state index in [4.69, 9.17) is 0 Å². The first-order valence-corrected chi connectivity index (χ1v) is 6.42. The lowest BCUT2D eigenvalue weighted by Crippen LogP contribution is -2.36. The molecule has 1 aromatic heterocycles. The van der Waals surface area contributed by atoms with Gasteiger partial charge in [0.1, 0.15) is 0 Å². The van der Waals surface area contributed by atoms with Crippen LogP contribution in [0.25, 0.3) is 0 Å². The van der Waals surface area contributed by atoms with Gasteiger partial charge in [0.2, 0.25) is 0 Å². The minimum Gasteiger partial charge on any atom is -0.391 e. The van der Waals surface area contributed by atoms with E-state index in [0.29, 0.717) is 0 Å². The van der Waals surface area contributed by atoms with Crippen LogP contribution in [0.3, 0.4) is 0 Å². The first kappa shape index (κ1) is 10.4. The molecule has 1 aliphatic carbocycles. The van der Waals surface area contributed by atoms with Gasteiger partial charge >= 0.3 is 0 Å².